The van der Waals surface area contributed by atoms with Crippen LogP contribution in [-0.4, -0.2) is 17.6 Å². The maximum atomic E-state index is 13.7. The molecular formula is C20H18FNO2. The summed E-state index contributed by atoms with van der Waals surface area (Å²) in [5.41, 5.74) is 1.50. The molecule has 24 heavy (non-hydrogen) atoms. The van der Waals surface area contributed by atoms with E-state index in [0.717, 1.165) is 16.3 Å². The molecule has 3 aromatic carbocycles. The molecule has 0 radical (unpaired) electrons. The normalized spacial score (nSPS) is 12.1. The van der Waals surface area contributed by atoms with Gasteiger partial charge in [-0.25, -0.2) is 4.39 Å². The Kier molecular flexibility index (Phi) is 4.58. The van der Waals surface area contributed by atoms with Crippen LogP contribution in [0.2, 0.25) is 0 Å². The number of carbonyl (C=O) groups is 1. The average molecular weight is 323 g/mol. The first-order valence-electron chi connectivity index (χ1n) is 7.76. The molecule has 3 rings (SSSR count). The van der Waals surface area contributed by atoms with E-state index in [1.807, 2.05) is 42.5 Å². The predicted molar refractivity (Wildman–Crippen MR) is 92.4 cm³/mol. The number of aliphatic hydroxyl groups is 1. The van der Waals surface area contributed by atoms with E-state index in [9.17, 15) is 14.3 Å². The Bertz CT molecular complexity index is 892. The minimum Gasteiger partial charge on any atom is -0.387 e. The molecule has 0 aromatic heterocycles. The van der Waals surface area contributed by atoms with E-state index in [-0.39, 0.29) is 12.1 Å². The molecule has 2 N–H and O–H groups in total. The zero-order valence-corrected chi connectivity index (χ0v) is 13.3. The van der Waals surface area contributed by atoms with Crippen molar-refractivity contribution >= 4 is 16.7 Å². The van der Waals surface area contributed by atoms with Gasteiger partial charge in [0.05, 0.1) is 11.7 Å². The van der Waals surface area contributed by atoms with Crippen molar-refractivity contribution in [2.75, 3.05) is 6.54 Å². The monoisotopic (exact) mass is 323 g/mol. The SMILES string of the molecule is Cc1ccc(F)c(C(=O)NCC(O)c2ccc3ccccc3c2)c1. The molecule has 1 unspecified atom stereocenters. The van der Waals surface area contributed by atoms with Crippen molar-refractivity contribution in [1.29, 1.82) is 0 Å². The van der Waals surface area contributed by atoms with Gasteiger partial charge in [-0.1, -0.05) is 48.0 Å². The molecule has 1 amide bonds. The lowest BCUT2D eigenvalue weighted by atomic mass is 10.0. The number of benzene rings is 3. The van der Waals surface area contributed by atoms with E-state index < -0.39 is 17.8 Å². The fourth-order valence-corrected chi connectivity index (χ4v) is 2.63. The van der Waals surface area contributed by atoms with Crippen LogP contribution in [0.15, 0.2) is 60.7 Å². The van der Waals surface area contributed by atoms with Crippen LogP contribution in [0.5, 0.6) is 0 Å². The molecule has 3 aromatic rings. The number of carbonyl (C=O) groups excluding carboxylic acids is 1. The highest BCUT2D eigenvalue weighted by Crippen LogP contribution is 2.20. The van der Waals surface area contributed by atoms with Gasteiger partial charge in [0.25, 0.3) is 5.91 Å². The first-order chi connectivity index (χ1) is 11.5. The van der Waals surface area contributed by atoms with E-state index in [0.29, 0.717) is 5.56 Å². The van der Waals surface area contributed by atoms with E-state index in [2.05, 4.69) is 5.32 Å². The minimum atomic E-state index is -0.855. The van der Waals surface area contributed by atoms with Crippen molar-refractivity contribution in [2.24, 2.45) is 0 Å². The third kappa shape index (κ3) is 3.44. The maximum Gasteiger partial charge on any atom is 0.254 e. The molecule has 1 atom stereocenters. The number of aryl methyl sites for hydroxylation is 1. The molecule has 0 saturated carbocycles. The molecule has 122 valence electrons. The lowest BCUT2D eigenvalue weighted by Crippen LogP contribution is -2.29. The standard InChI is InChI=1S/C20H18FNO2/c1-13-6-9-18(21)17(10-13)20(24)22-12-19(23)16-8-7-14-4-2-3-5-15(14)11-16/h2-11,19,23H,12H2,1H3,(H,22,24). The van der Waals surface area contributed by atoms with Crippen molar-refractivity contribution in [3.05, 3.63) is 83.2 Å². The van der Waals surface area contributed by atoms with Crippen molar-refractivity contribution in [3.63, 3.8) is 0 Å². The quantitative estimate of drug-likeness (QED) is 0.768. The van der Waals surface area contributed by atoms with Gasteiger partial charge in [0, 0.05) is 6.54 Å². The number of rotatable bonds is 4. The van der Waals surface area contributed by atoms with E-state index in [1.165, 1.54) is 12.1 Å². The number of nitrogens with one attached hydrogen (secondary N) is 1. The molecule has 3 nitrogen and oxygen atoms in total. The molecule has 0 spiro atoms. The Morgan fingerprint density at radius 1 is 1.08 bits per heavy atom. The van der Waals surface area contributed by atoms with Crippen LogP contribution < -0.4 is 5.32 Å². The summed E-state index contributed by atoms with van der Waals surface area (Å²) in [5.74, 6) is -1.10. The fourth-order valence-electron chi connectivity index (χ4n) is 2.63. The fraction of sp³-hybridized carbons (Fsp3) is 0.150. The number of hydrogen-bond donors (Lipinski definition) is 2. The van der Waals surface area contributed by atoms with Crippen molar-refractivity contribution in [2.45, 2.75) is 13.0 Å². The maximum absolute atomic E-state index is 13.7. The Hall–Kier alpha value is -2.72. The Balaban J connectivity index is 1.71. The summed E-state index contributed by atoms with van der Waals surface area (Å²) >= 11 is 0. The smallest absolute Gasteiger partial charge is 0.254 e. The molecule has 0 bridgehead atoms. The first-order valence-corrected chi connectivity index (χ1v) is 7.76. The third-order valence-electron chi connectivity index (χ3n) is 3.98. The van der Waals surface area contributed by atoms with Gasteiger partial charge in [-0.05, 0) is 41.5 Å². The predicted octanol–water partition coefficient (Wildman–Crippen LogP) is 3.75. The average Bonchev–Trinajstić information content (AvgIpc) is 2.61. The second kappa shape index (κ2) is 6.81. The van der Waals surface area contributed by atoms with Crippen molar-refractivity contribution in [3.8, 4) is 0 Å². The Morgan fingerprint density at radius 3 is 2.62 bits per heavy atom. The van der Waals surface area contributed by atoms with Crippen LogP contribution >= 0.6 is 0 Å². The van der Waals surface area contributed by atoms with Crippen LogP contribution in [0, 0.1) is 12.7 Å². The van der Waals surface area contributed by atoms with Crippen LogP contribution in [0.1, 0.15) is 27.6 Å². The third-order valence-corrected chi connectivity index (χ3v) is 3.98. The van der Waals surface area contributed by atoms with Crippen LogP contribution in [0.25, 0.3) is 10.8 Å². The van der Waals surface area contributed by atoms with Crippen LogP contribution in [0.4, 0.5) is 4.39 Å². The number of amides is 1. The summed E-state index contributed by atoms with van der Waals surface area (Å²) in [6, 6.07) is 17.9. The summed E-state index contributed by atoms with van der Waals surface area (Å²) in [7, 11) is 0. The Labute approximate surface area is 139 Å². The summed E-state index contributed by atoms with van der Waals surface area (Å²) in [4.78, 5) is 12.1. The second-order valence-electron chi connectivity index (χ2n) is 5.82. The lowest BCUT2D eigenvalue weighted by Gasteiger charge is -2.13. The molecule has 0 heterocycles. The van der Waals surface area contributed by atoms with Gasteiger partial charge in [0.1, 0.15) is 5.82 Å². The molecule has 0 saturated heterocycles. The lowest BCUT2D eigenvalue weighted by molar-refractivity contribution is 0.0912. The minimum absolute atomic E-state index is 0.0132. The topological polar surface area (TPSA) is 49.3 Å². The van der Waals surface area contributed by atoms with Gasteiger partial charge in [-0.3, -0.25) is 4.79 Å². The van der Waals surface area contributed by atoms with Gasteiger partial charge in [0.2, 0.25) is 0 Å². The van der Waals surface area contributed by atoms with Gasteiger partial charge < -0.3 is 10.4 Å². The Morgan fingerprint density at radius 2 is 1.83 bits per heavy atom. The van der Waals surface area contributed by atoms with Gasteiger partial charge in [0.15, 0.2) is 0 Å². The zero-order valence-electron chi connectivity index (χ0n) is 13.3. The van der Waals surface area contributed by atoms with Crippen molar-refractivity contribution in [1.82, 2.24) is 5.32 Å². The van der Waals surface area contributed by atoms with Crippen LogP contribution in [-0.2, 0) is 0 Å². The van der Waals surface area contributed by atoms with E-state index in [1.54, 1.807) is 13.0 Å². The van der Waals surface area contributed by atoms with Gasteiger partial charge in [-0.15, -0.1) is 0 Å². The molecular weight excluding hydrogens is 305 g/mol. The molecule has 0 aliphatic heterocycles. The number of aliphatic hydroxyl groups excluding tert-OH is 1. The highest BCUT2D eigenvalue weighted by atomic mass is 19.1. The number of halogens is 1. The summed E-state index contributed by atoms with van der Waals surface area (Å²) in [5, 5.41) is 15.0. The van der Waals surface area contributed by atoms with Gasteiger partial charge >= 0.3 is 0 Å². The molecule has 0 aliphatic carbocycles. The highest BCUT2D eigenvalue weighted by molar-refractivity contribution is 5.94. The van der Waals surface area contributed by atoms with E-state index in [4.69, 9.17) is 0 Å². The number of fused-ring (bicyclic) bond motifs is 1. The summed E-state index contributed by atoms with van der Waals surface area (Å²) in [6.45, 7) is 1.81. The molecule has 4 heteroatoms. The first kappa shape index (κ1) is 16.1. The zero-order chi connectivity index (χ0) is 17.1. The highest BCUT2D eigenvalue weighted by Gasteiger charge is 2.14. The molecule has 0 aliphatic rings. The van der Waals surface area contributed by atoms with Crippen molar-refractivity contribution < 1.29 is 14.3 Å². The van der Waals surface area contributed by atoms with E-state index >= 15 is 0 Å². The van der Waals surface area contributed by atoms with Crippen LogP contribution in [0.3, 0.4) is 0 Å². The summed E-state index contributed by atoms with van der Waals surface area (Å²) in [6.07, 6.45) is -0.855. The van der Waals surface area contributed by atoms with Gasteiger partial charge in [-0.2, -0.15) is 0 Å². The second-order valence-corrected chi connectivity index (χ2v) is 5.82. The summed E-state index contributed by atoms with van der Waals surface area (Å²) < 4.78 is 13.7. The molecule has 0 fully saturated rings. The largest absolute Gasteiger partial charge is 0.387 e. The number of hydrogen-bond acceptors (Lipinski definition) is 2.